The third-order valence-electron chi connectivity index (χ3n) is 2.23. The van der Waals surface area contributed by atoms with Crippen molar-refractivity contribution in [3.8, 4) is 0 Å². The highest BCUT2D eigenvalue weighted by atomic mass is 16.5. The van der Waals surface area contributed by atoms with E-state index in [-0.39, 0.29) is 24.5 Å². The molecule has 94 valence electrons. The van der Waals surface area contributed by atoms with Gasteiger partial charge in [0.05, 0.1) is 25.2 Å². The van der Waals surface area contributed by atoms with Crippen LogP contribution in [-0.4, -0.2) is 31.2 Å². The number of carbonyl (C=O) groups is 2. The van der Waals surface area contributed by atoms with Gasteiger partial charge in [-0.05, 0) is 26.7 Å². The minimum absolute atomic E-state index is 0.138. The van der Waals surface area contributed by atoms with Crippen molar-refractivity contribution in [3.05, 3.63) is 0 Å². The van der Waals surface area contributed by atoms with Gasteiger partial charge in [0.2, 0.25) is 0 Å². The summed E-state index contributed by atoms with van der Waals surface area (Å²) >= 11 is 0. The summed E-state index contributed by atoms with van der Waals surface area (Å²) in [6, 6.07) is 0. The van der Waals surface area contributed by atoms with E-state index < -0.39 is 5.97 Å². The number of hydrogen-bond acceptors (Lipinski definition) is 5. The van der Waals surface area contributed by atoms with Crippen LogP contribution in [0, 0.1) is 5.92 Å². The van der Waals surface area contributed by atoms with Crippen molar-refractivity contribution in [2.24, 2.45) is 11.7 Å². The number of rotatable bonds is 7. The Morgan fingerprint density at radius 1 is 1.31 bits per heavy atom. The molecule has 5 nitrogen and oxygen atoms in total. The highest BCUT2D eigenvalue weighted by molar-refractivity contribution is 5.73. The van der Waals surface area contributed by atoms with Gasteiger partial charge in [0.1, 0.15) is 0 Å². The van der Waals surface area contributed by atoms with Gasteiger partial charge >= 0.3 is 11.9 Å². The number of carbonyl (C=O) groups excluding carboxylic acids is 2. The first-order valence-corrected chi connectivity index (χ1v) is 5.61. The molecule has 0 aromatic heterocycles. The van der Waals surface area contributed by atoms with E-state index in [1.54, 1.807) is 13.8 Å². The van der Waals surface area contributed by atoms with Crippen LogP contribution in [0.25, 0.3) is 0 Å². The molecule has 0 aliphatic carbocycles. The molecule has 0 saturated heterocycles. The Labute approximate surface area is 96.3 Å². The van der Waals surface area contributed by atoms with Gasteiger partial charge in [-0.1, -0.05) is 6.92 Å². The average Bonchev–Trinajstić information content (AvgIpc) is 2.25. The Morgan fingerprint density at radius 3 is 2.38 bits per heavy atom. The lowest BCUT2D eigenvalue weighted by molar-refractivity contribution is -0.154. The van der Waals surface area contributed by atoms with Gasteiger partial charge in [-0.2, -0.15) is 0 Å². The maximum Gasteiger partial charge on any atom is 0.319 e. The average molecular weight is 231 g/mol. The maximum absolute atomic E-state index is 11.5. The van der Waals surface area contributed by atoms with E-state index in [0.717, 1.165) is 0 Å². The molecule has 0 fully saturated rings. The molecule has 0 aliphatic heterocycles. The molecule has 0 aliphatic rings. The summed E-state index contributed by atoms with van der Waals surface area (Å²) in [6.45, 7) is 5.64. The zero-order valence-electron chi connectivity index (χ0n) is 10.2. The van der Waals surface area contributed by atoms with Crippen molar-refractivity contribution < 1.29 is 19.1 Å². The van der Waals surface area contributed by atoms with Crippen LogP contribution in [0.15, 0.2) is 0 Å². The first kappa shape index (κ1) is 14.9. The molecule has 0 bridgehead atoms. The van der Waals surface area contributed by atoms with Crippen LogP contribution in [0.2, 0.25) is 0 Å². The van der Waals surface area contributed by atoms with Crippen molar-refractivity contribution in [2.45, 2.75) is 39.7 Å². The molecule has 5 heteroatoms. The lowest BCUT2D eigenvalue weighted by Crippen LogP contribution is -2.27. The molecule has 2 N–H and O–H groups in total. The zero-order chi connectivity index (χ0) is 12.6. The van der Waals surface area contributed by atoms with Crippen LogP contribution in [0.1, 0.15) is 33.6 Å². The van der Waals surface area contributed by atoms with Crippen molar-refractivity contribution in [3.63, 3.8) is 0 Å². The first-order valence-electron chi connectivity index (χ1n) is 5.61. The Morgan fingerprint density at radius 2 is 1.94 bits per heavy atom. The van der Waals surface area contributed by atoms with Crippen LogP contribution in [-0.2, 0) is 19.1 Å². The van der Waals surface area contributed by atoms with Gasteiger partial charge in [0.25, 0.3) is 0 Å². The van der Waals surface area contributed by atoms with Crippen molar-refractivity contribution in [2.75, 3.05) is 13.2 Å². The molecule has 2 atom stereocenters. The van der Waals surface area contributed by atoms with Crippen LogP contribution in [0.4, 0.5) is 0 Å². The zero-order valence-corrected chi connectivity index (χ0v) is 10.2. The van der Waals surface area contributed by atoms with E-state index in [2.05, 4.69) is 0 Å². The summed E-state index contributed by atoms with van der Waals surface area (Å²) in [5.41, 5.74) is 5.12. The summed E-state index contributed by atoms with van der Waals surface area (Å²) < 4.78 is 9.91. The van der Waals surface area contributed by atoms with Crippen LogP contribution in [0.3, 0.4) is 0 Å². The molecular weight excluding hydrogens is 210 g/mol. The van der Waals surface area contributed by atoms with E-state index in [1.807, 2.05) is 6.92 Å². The van der Waals surface area contributed by atoms with Crippen LogP contribution < -0.4 is 5.73 Å². The van der Waals surface area contributed by atoms with Gasteiger partial charge in [0, 0.05) is 0 Å². The Bertz CT molecular complexity index is 230. The molecule has 0 aromatic rings. The first-order chi connectivity index (χ1) is 7.54. The lowest BCUT2D eigenvalue weighted by atomic mass is 9.99. The van der Waals surface area contributed by atoms with E-state index in [9.17, 15) is 9.59 Å². The fourth-order valence-electron chi connectivity index (χ4n) is 1.41. The van der Waals surface area contributed by atoms with Crippen LogP contribution in [0.5, 0.6) is 0 Å². The minimum atomic E-state index is -0.453. The molecule has 0 aromatic carbocycles. The van der Waals surface area contributed by atoms with E-state index >= 15 is 0 Å². The Hall–Kier alpha value is -1.10. The number of ether oxygens (including phenoxy) is 2. The van der Waals surface area contributed by atoms with Gasteiger partial charge in [-0.25, -0.2) is 0 Å². The van der Waals surface area contributed by atoms with E-state index in [0.29, 0.717) is 19.4 Å². The quantitative estimate of drug-likeness (QED) is 0.657. The third-order valence-corrected chi connectivity index (χ3v) is 2.23. The molecule has 16 heavy (non-hydrogen) atoms. The van der Waals surface area contributed by atoms with Gasteiger partial charge < -0.3 is 15.2 Å². The SMILES string of the molecule is CCOC(=O)C(CC)CC(C)OC(=O)CN. The normalized spacial score (nSPS) is 14.0. The number of esters is 2. The van der Waals surface area contributed by atoms with Crippen molar-refractivity contribution in [1.82, 2.24) is 0 Å². The Balaban J connectivity index is 4.10. The summed E-state index contributed by atoms with van der Waals surface area (Å²) in [7, 11) is 0. The minimum Gasteiger partial charge on any atom is -0.466 e. The molecule has 0 amide bonds. The highest BCUT2D eigenvalue weighted by Gasteiger charge is 2.22. The smallest absolute Gasteiger partial charge is 0.319 e. The second kappa shape index (κ2) is 8.10. The van der Waals surface area contributed by atoms with Gasteiger partial charge in [-0.3, -0.25) is 9.59 Å². The van der Waals surface area contributed by atoms with Crippen LogP contribution >= 0.6 is 0 Å². The van der Waals surface area contributed by atoms with E-state index in [1.165, 1.54) is 0 Å². The molecule has 0 rings (SSSR count). The lowest BCUT2D eigenvalue weighted by Gasteiger charge is -2.18. The van der Waals surface area contributed by atoms with Gasteiger partial charge in [0.15, 0.2) is 0 Å². The molecule has 0 spiro atoms. The third kappa shape index (κ3) is 5.70. The predicted molar refractivity (Wildman–Crippen MR) is 59.6 cm³/mol. The summed E-state index contributed by atoms with van der Waals surface area (Å²) in [5.74, 6) is -0.910. The fraction of sp³-hybridized carbons (Fsp3) is 0.818. The molecule has 0 heterocycles. The second-order valence-electron chi connectivity index (χ2n) is 3.60. The standard InChI is InChI=1S/C11H21NO4/c1-4-9(11(14)15-5-2)6-8(3)16-10(13)7-12/h8-9H,4-7,12H2,1-3H3. The molecule has 2 unspecified atom stereocenters. The number of hydrogen-bond donors (Lipinski definition) is 1. The number of nitrogens with two attached hydrogens (primary N) is 1. The largest absolute Gasteiger partial charge is 0.466 e. The summed E-state index contributed by atoms with van der Waals surface area (Å²) in [4.78, 5) is 22.4. The topological polar surface area (TPSA) is 78.6 Å². The Kier molecular flexibility index (Phi) is 7.54. The monoisotopic (exact) mass is 231 g/mol. The molecule has 0 radical (unpaired) electrons. The van der Waals surface area contributed by atoms with Crippen molar-refractivity contribution >= 4 is 11.9 Å². The summed E-state index contributed by atoms with van der Waals surface area (Å²) in [5, 5.41) is 0. The predicted octanol–water partition coefficient (Wildman–Crippen LogP) is 0.856. The van der Waals surface area contributed by atoms with E-state index in [4.69, 9.17) is 15.2 Å². The highest BCUT2D eigenvalue weighted by Crippen LogP contribution is 2.15. The maximum atomic E-state index is 11.5. The molecule has 0 saturated carbocycles. The molecular formula is C11H21NO4. The summed E-state index contributed by atoms with van der Waals surface area (Å²) in [6.07, 6.45) is 0.829. The fourth-order valence-corrected chi connectivity index (χ4v) is 1.41. The van der Waals surface area contributed by atoms with Gasteiger partial charge in [-0.15, -0.1) is 0 Å². The second-order valence-corrected chi connectivity index (χ2v) is 3.60. The van der Waals surface area contributed by atoms with Crippen molar-refractivity contribution in [1.29, 1.82) is 0 Å².